The molecule has 2 aromatic rings. The van der Waals surface area contributed by atoms with Crippen LogP contribution in [0.4, 0.5) is 5.69 Å². The summed E-state index contributed by atoms with van der Waals surface area (Å²) in [4.78, 5) is 24.6. The van der Waals surface area contributed by atoms with Crippen LogP contribution < -0.4 is 10.4 Å². The summed E-state index contributed by atoms with van der Waals surface area (Å²) in [5.41, 5.74) is 6.60. The maximum absolute atomic E-state index is 12.5. The van der Waals surface area contributed by atoms with Crippen LogP contribution in [0.2, 0.25) is 0 Å². The van der Waals surface area contributed by atoms with Crippen molar-refractivity contribution in [2.75, 3.05) is 5.01 Å². The van der Waals surface area contributed by atoms with E-state index in [1.54, 1.807) is 12.2 Å². The van der Waals surface area contributed by atoms with Gasteiger partial charge in [0.25, 0.3) is 11.8 Å². The van der Waals surface area contributed by atoms with Gasteiger partial charge in [0.2, 0.25) is 0 Å². The van der Waals surface area contributed by atoms with Crippen LogP contribution in [0.1, 0.15) is 16.7 Å². The summed E-state index contributed by atoms with van der Waals surface area (Å²) >= 11 is 0. The number of hydrazine groups is 1. The lowest BCUT2D eigenvalue weighted by molar-refractivity contribution is -0.117. The number of carbonyl (C=O) groups is 2. The Bertz CT molecular complexity index is 851. The van der Waals surface area contributed by atoms with E-state index >= 15 is 0 Å². The van der Waals surface area contributed by atoms with Crippen molar-refractivity contribution in [3.8, 4) is 0 Å². The van der Waals surface area contributed by atoms with Gasteiger partial charge in [0.1, 0.15) is 5.57 Å². The minimum Gasteiger partial charge on any atom is -0.267 e. The van der Waals surface area contributed by atoms with Gasteiger partial charge in [-0.2, -0.15) is 0 Å². The van der Waals surface area contributed by atoms with Crippen LogP contribution in [0, 0.1) is 13.8 Å². The highest BCUT2D eigenvalue weighted by atomic mass is 16.2. The van der Waals surface area contributed by atoms with Crippen LogP contribution >= 0.6 is 0 Å². The van der Waals surface area contributed by atoms with Gasteiger partial charge in [-0.15, -0.1) is 0 Å². The first kappa shape index (κ1) is 15.7. The molecule has 2 aromatic carbocycles. The molecular weight excluding hydrogens is 300 g/mol. The van der Waals surface area contributed by atoms with Crippen molar-refractivity contribution in [3.05, 3.63) is 82.9 Å². The Morgan fingerprint density at radius 2 is 1.71 bits per heavy atom. The molecule has 1 aliphatic rings. The summed E-state index contributed by atoms with van der Waals surface area (Å²) < 4.78 is 0. The summed E-state index contributed by atoms with van der Waals surface area (Å²) in [6.07, 6.45) is 5.12. The quantitative estimate of drug-likeness (QED) is 0.697. The number of benzene rings is 2. The second-order valence-electron chi connectivity index (χ2n) is 5.70. The van der Waals surface area contributed by atoms with Crippen molar-refractivity contribution in [1.82, 2.24) is 5.43 Å². The summed E-state index contributed by atoms with van der Waals surface area (Å²) in [7, 11) is 0. The van der Waals surface area contributed by atoms with Gasteiger partial charge in [0.15, 0.2) is 0 Å². The molecule has 120 valence electrons. The van der Waals surface area contributed by atoms with Gasteiger partial charge >= 0.3 is 0 Å². The first-order valence-electron chi connectivity index (χ1n) is 7.72. The van der Waals surface area contributed by atoms with E-state index in [1.165, 1.54) is 5.01 Å². The number of rotatable bonds is 3. The van der Waals surface area contributed by atoms with E-state index in [9.17, 15) is 9.59 Å². The van der Waals surface area contributed by atoms with E-state index in [4.69, 9.17) is 0 Å². The monoisotopic (exact) mass is 318 g/mol. The second-order valence-corrected chi connectivity index (χ2v) is 5.70. The Balaban J connectivity index is 1.82. The third kappa shape index (κ3) is 3.13. The van der Waals surface area contributed by atoms with Crippen LogP contribution in [0.5, 0.6) is 0 Å². The number of hydrogen-bond donors (Lipinski definition) is 1. The van der Waals surface area contributed by atoms with E-state index < -0.39 is 5.91 Å². The first-order chi connectivity index (χ1) is 11.6. The van der Waals surface area contributed by atoms with Crippen molar-refractivity contribution >= 4 is 23.6 Å². The van der Waals surface area contributed by atoms with Gasteiger partial charge in [-0.05, 0) is 48.7 Å². The molecule has 0 aromatic heterocycles. The number of allylic oxidation sites excluding steroid dienone is 2. The SMILES string of the molecule is Cc1ccc(N2NC(=O)/C(=C/C=C/c3ccccc3)C2=O)cc1C. The number of nitrogens with one attached hydrogen (secondary N) is 1. The van der Waals surface area contributed by atoms with Crippen LogP contribution in [-0.2, 0) is 9.59 Å². The average molecular weight is 318 g/mol. The topological polar surface area (TPSA) is 49.4 Å². The lowest BCUT2D eigenvalue weighted by Crippen LogP contribution is -2.35. The molecule has 0 atom stereocenters. The van der Waals surface area contributed by atoms with Crippen LogP contribution in [0.25, 0.3) is 6.08 Å². The molecule has 0 spiro atoms. The average Bonchev–Trinajstić information content (AvgIpc) is 2.86. The van der Waals surface area contributed by atoms with E-state index in [0.717, 1.165) is 16.7 Å². The van der Waals surface area contributed by atoms with Crippen molar-refractivity contribution in [2.24, 2.45) is 0 Å². The highest BCUT2D eigenvalue weighted by Crippen LogP contribution is 2.22. The molecule has 1 N–H and O–H groups in total. The second kappa shape index (κ2) is 6.54. The highest BCUT2D eigenvalue weighted by molar-refractivity contribution is 6.29. The molecule has 0 unspecified atom stereocenters. The van der Waals surface area contributed by atoms with Gasteiger partial charge in [-0.3, -0.25) is 15.0 Å². The summed E-state index contributed by atoms with van der Waals surface area (Å²) in [5, 5.41) is 1.29. The molecule has 2 amide bonds. The molecular formula is C20H18N2O2. The van der Waals surface area contributed by atoms with Crippen molar-refractivity contribution in [2.45, 2.75) is 13.8 Å². The first-order valence-corrected chi connectivity index (χ1v) is 7.72. The highest BCUT2D eigenvalue weighted by Gasteiger charge is 2.34. The Kier molecular flexibility index (Phi) is 4.29. The largest absolute Gasteiger partial charge is 0.282 e. The Morgan fingerprint density at radius 3 is 2.42 bits per heavy atom. The van der Waals surface area contributed by atoms with Gasteiger partial charge in [0, 0.05) is 0 Å². The fraction of sp³-hybridized carbons (Fsp3) is 0.100. The molecule has 1 heterocycles. The minimum absolute atomic E-state index is 0.125. The Hall–Kier alpha value is -3.14. The predicted molar refractivity (Wildman–Crippen MR) is 95.1 cm³/mol. The normalized spacial score (nSPS) is 16.2. The van der Waals surface area contributed by atoms with E-state index in [1.807, 2.05) is 68.5 Å². The smallest absolute Gasteiger partial charge is 0.267 e. The van der Waals surface area contributed by atoms with E-state index in [0.29, 0.717) is 5.69 Å². The summed E-state index contributed by atoms with van der Waals surface area (Å²) in [5.74, 6) is -0.739. The van der Waals surface area contributed by atoms with Gasteiger partial charge in [-0.1, -0.05) is 48.6 Å². The van der Waals surface area contributed by atoms with Crippen LogP contribution in [-0.4, -0.2) is 11.8 Å². The molecule has 4 nitrogen and oxygen atoms in total. The number of nitrogens with zero attached hydrogens (tertiary/aromatic N) is 1. The molecule has 0 bridgehead atoms. The third-order valence-electron chi connectivity index (χ3n) is 3.99. The number of hydrogen-bond acceptors (Lipinski definition) is 2. The molecule has 1 aliphatic heterocycles. The molecule has 0 saturated carbocycles. The third-order valence-corrected chi connectivity index (χ3v) is 3.99. The standard InChI is InChI=1S/C20H18N2O2/c1-14-11-12-17(13-15(14)2)22-20(24)18(19(23)21-22)10-6-9-16-7-4-3-5-8-16/h3-13H,1-2H3,(H,21,23)/b9-6+,18-10-. The number of aryl methyl sites for hydroxylation is 2. The zero-order chi connectivity index (χ0) is 17.1. The fourth-order valence-corrected chi connectivity index (χ4v) is 2.44. The Morgan fingerprint density at radius 1 is 0.958 bits per heavy atom. The van der Waals surface area contributed by atoms with Crippen LogP contribution in [0.15, 0.2) is 66.3 Å². The lowest BCUT2D eigenvalue weighted by atomic mass is 10.1. The molecule has 1 fully saturated rings. The molecule has 0 aliphatic carbocycles. The maximum Gasteiger partial charge on any atom is 0.282 e. The zero-order valence-corrected chi connectivity index (χ0v) is 13.6. The number of anilines is 1. The van der Waals surface area contributed by atoms with Crippen molar-refractivity contribution in [1.29, 1.82) is 0 Å². The fourth-order valence-electron chi connectivity index (χ4n) is 2.44. The van der Waals surface area contributed by atoms with Gasteiger partial charge in [-0.25, -0.2) is 5.01 Å². The molecule has 4 heteroatoms. The summed E-state index contributed by atoms with van der Waals surface area (Å²) in [6.45, 7) is 3.98. The van der Waals surface area contributed by atoms with E-state index in [-0.39, 0.29) is 11.5 Å². The number of carbonyl (C=O) groups excluding carboxylic acids is 2. The Labute approximate surface area is 141 Å². The molecule has 24 heavy (non-hydrogen) atoms. The van der Waals surface area contributed by atoms with E-state index in [2.05, 4.69) is 5.43 Å². The van der Waals surface area contributed by atoms with Gasteiger partial charge in [0.05, 0.1) is 5.69 Å². The lowest BCUT2D eigenvalue weighted by Gasteiger charge is -2.15. The number of amides is 2. The molecule has 1 saturated heterocycles. The minimum atomic E-state index is -0.393. The molecule has 3 rings (SSSR count). The van der Waals surface area contributed by atoms with Crippen molar-refractivity contribution < 1.29 is 9.59 Å². The summed E-state index contributed by atoms with van der Waals surface area (Å²) in [6, 6.07) is 15.3. The van der Waals surface area contributed by atoms with Crippen LogP contribution in [0.3, 0.4) is 0 Å². The molecule has 0 radical (unpaired) electrons. The maximum atomic E-state index is 12.5. The van der Waals surface area contributed by atoms with Gasteiger partial charge < -0.3 is 0 Å². The van der Waals surface area contributed by atoms with Crippen molar-refractivity contribution in [3.63, 3.8) is 0 Å². The predicted octanol–water partition coefficient (Wildman–Crippen LogP) is 3.32. The zero-order valence-electron chi connectivity index (χ0n) is 13.6.